The van der Waals surface area contributed by atoms with E-state index in [0.717, 1.165) is 5.56 Å². The second-order valence-electron chi connectivity index (χ2n) is 6.61. The van der Waals surface area contributed by atoms with Crippen molar-refractivity contribution in [3.05, 3.63) is 47.7 Å². The second kappa shape index (κ2) is 6.82. The zero-order valence-electron chi connectivity index (χ0n) is 14.9. The van der Waals surface area contributed by atoms with Crippen LogP contribution in [0, 0.1) is 11.9 Å². The van der Waals surface area contributed by atoms with Crippen LogP contribution in [0.1, 0.15) is 35.8 Å². The van der Waals surface area contributed by atoms with Crippen LogP contribution in [0.25, 0.3) is 5.65 Å². The molecule has 27 heavy (non-hydrogen) atoms. The number of carbonyl (C=O) groups is 1. The van der Waals surface area contributed by atoms with Crippen molar-refractivity contribution in [3.8, 4) is 5.88 Å². The Bertz CT molecular complexity index is 1000. The molecule has 140 valence electrons. The average molecular weight is 370 g/mol. The van der Waals surface area contributed by atoms with E-state index in [-0.39, 0.29) is 36.3 Å². The fraction of sp³-hybridized carbons (Fsp3) is 0.333. The molecule has 1 unspecified atom stereocenters. The molecule has 4 rings (SSSR count). The van der Waals surface area contributed by atoms with Gasteiger partial charge in [0.2, 0.25) is 11.8 Å². The highest BCUT2D eigenvalue weighted by molar-refractivity contribution is 6.00. The lowest BCUT2D eigenvalue weighted by Gasteiger charge is -2.25. The maximum absolute atomic E-state index is 14.2. The maximum Gasteiger partial charge on any atom is 0.260 e. The van der Waals surface area contributed by atoms with Crippen LogP contribution in [0.15, 0.2) is 30.6 Å². The van der Waals surface area contributed by atoms with E-state index < -0.39 is 11.9 Å². The molecular formula is C18H19FN6O2. The Labute approximate surface area is 154 Å². The summed E-state index contributed by atoms with van der Waals surface area (Å²) in [5.74, 6) is -0.257. The summed E-state index contributed by atoms with van der Waals surface area (Å²) >= 11 is 0. The fourth-order valence-corrected chi connectivity index (χ4v) is 3.10. The van der Waals surface area contributed by atoms with Gasteiger partial charge in [0.15, 0.2) is 5.65 Å². The lowest BCUT2D eigenvalue weighted by molar-refractivity contribution is 0.0944. The molecule has 4 heterocycles. The number of rotatable bonds is 1. The molecule has 0 spiro atoms. The lowest BCUT2D eigenvalue weighted by Crippen LogP contribution is -2.29. The van der Waals surface area contributed by atoms with Crippen molar-refractivity contribution in [2.75, 3.05) is 18.5 Å². The normalized spacial score (nSPS) is 17.3. The number of carbonyl (C=O) groups excluding carboxylic acids is 1. The third kappa shape index (κ3) is 3.16. The van der Waals surface area contributed by atoms with Crippen LogP contribution in [-0.2, 0) is 0 Å². The van der Waals surface area contributed by atoms with E-state index in [1.807, 2.05) is 12.1 Å². The Kier molecular flexibility index (Phi) is 4.35. The van der Waals surface area contributed by atoms with Gasteiger partial charge in [0, 0.05) is 18.0 Å². The molecule has 0 saturated heterocycles. The number of nitrogens with one attached hydrogen (secondary N) is 2. The van der Waals surface area contributed by atoms with Crippen LogP contribution in [0.4, 0.5) is 10.2 Å². The molecule has 1 amide bonds. The quantitative estimate of drug-likeness (QED) is 0.682. The Morgan fingerprint density at radius 1 is 1.37 bits per heavy atom. The number of pyridine rings is 1. The lowest BCUT2D eigenvalue weighted by atomic mass is 9.97. The summed E-state index contributed by atoms with van der Waals surface area (Å²) in [6, 6.07) is 5.35. The molecule has 0 aromatic carbocycles. The van der Waals surface area contributed by atoms with Crippen molar-refractivity contribution < 1.29 is 13.9 Å². The van der Waals surface area contributed by atoms with Gasteiger partial charge in [0.05, 0.1) is 12.6 Å². The van der Waals surface area contributed by atoms with Crippen molar-refractivity contribution in [3.63, 3.8) is 0 Å². The molecule has 2 bridgehead atoms. The summed E-state index contributed by atoms with van der Waals surface area (Å²) in [6.07, 6.45) is 3.23. The van der Waals surface area contributed by atoms with Gasteiger partial charge in [0.25, 0.3) is 5.91 Å². The Morgan fingerprint density at radius 2 is 2.22 bits per heavy atom. The molecule has 1 aliphatic rings. The van der Waals surface area contributed by atoms with Crippen molar-refractivity contribution in [2.45, 2.75) is 19.9 Å². The maximum atomic E-state index is 14.2. The van der Waals surface area contributed by atoms with Gasteiger partial charge in [-0.3, -0.25) is 4.79 Å². The topological polar surface area (TPSA) is 93.4 Å². The summed E-state index contributed by atoms with van der Waals surface area (Å²) in [4.78, 5) is 21.1. The van der Waals surface area contributed by atoms with Crippen LogP contribution in [0.2, 0.25) is 0 Å². The number of hydrogen-bond acceptors (Lipinski definition) is 6. The molecule has 8 nitrogen and oxygen atoms in total. The molecule has 3 aromatic rings. The van der Waals surface area contributed by atoms with Crippen molar-refractivity contribution in [1.82, 2.24) is 24.9 Å². The molecular weight excluding hydrogens is 351 g/mol. The molecule has 0 saturated carbocycles. The summed E-state index contributed by atoms with van der Waals surface area (Å²) in [7, 11) is 0. The monoisotopic (exact) mass is 370 g/mol. The van der Waals surface area contributed by atoms with Crippen molar-refractivity contribution in [2.24, 2.45) is 5.92 Å². The number of anilines is 1. The number of amides is 1. The Balaban J connectivity index is 1.85. The van der Waals surface area contributed by atoms with E-state index in [9.17, 15) is 9.18 Å². The summed E-state index contributed by atoms with van der Waals surface area (Å²) < 4.78 is 21.2. The van der Waals surface area contributed by atoms with E-state index in [1.54, 1.807) is 18.5 Å². The van der Waals surface area contributed by atoms with Gasteiger partial charge in [-0.15, -0.1) is 5.10 Å². The minimum absolute atomic E-state index is 0.135. The molecule has 9 heteroatoms. The highest BCUT2D eigenvalue weighted by atomic mass is 19.1. The third-order valence-electron chi connectivity index (χ3n) is 4.40. The van der Waals surface area contributed by atoms with Crippen LogP contribution in [-0.4, -0.2) is 38.6 Å². The van der Waals surface area contributed by atoms with E-state index in [4.69, 9.17) is 4.74 Å². The number of hydrogen-bond donors (Lipinski definition) is 2. The molecule has 1 atom stereocenters. The first kappa shape index (κ1) is 17.2. The number of ether oxygens (including phenoxy) is 1. The van der Waals surface area contributed by atoms with Gasteiger partial charge in [-0.1, -0.05) is 19.9 Å². The predicted octanol–water partition coefficient (Wildman–Crippen LogP) is 2.19. The molecule has 1 aliphatic heterocycles. The number of aromatic nitrogens is 4. The minimum atomic E-state index is -0.863. The van der Waals surface area contributed by atoms with Gasteiger partial charge in [-0.25, -0.2) is 14.5 Å². The summed E-state index contributed by atoms with van der Waals surface area (Å²) in [5, 5.41) is 9.72. The third-order valence-corrected chi connectivity index (χ3v) is 4.40. The molecule has 0 fully saturated rings. The largest absolute Gasteiger partial charge is 0.476 e. The number of fused-ring (bicyclic) bond motifs is 2. The predicted molar refractivity (Wildman–Crippen MR) is 96.2 cm³/mol. The molecule has 3 aromatic heterocycles. The van der Waals surface area contributed by atoms with Gasteiger partial charge in [-0.2, -0.15) is 4.39 Å². The Morgan fingerprint density at radius 3 is 3.04 bits per heavy atom. The minimum Gasteiger partial charge on any atom is -0.476 e. The fourth-order valence-electron chi connectivity index (χ4n) is 3.10. The summed E-state index contributed by atoms with van der Waals surface area (Å²) in [6.45, 7) is 4.54. The first-order chi connectivity index (χ1) is 13.0. The van der Waals surface area contributed by atoms with E-state index in [0.29, 0.717) is 11.7 Å². The zero-order valence-corrected chi connectivity index (χ0v) is 14.9. The van der Waals surface area contributed by atoms with Crippen molar-refractivity contribution in [1.29, 1.82) is 0 Å². The van der Waals surface area contributed by atoms with Crippen LogP contribution in [0.3, 0.4) is 0 Å². The van der Waals surface area contributed by atoms with E-state index >= 15 is 0 Å². The van der Waals surface area contributed by atoms with Gasteiger partial charge in [-0.05, 0) is 18.1 Å². The van der Waals surface area contributed by atoms with Crippen LogP contribution in [0.5, 0.6) is 5.88 Å². The standard InChI is InChI=1S/C18H19FN6O2/c1-10(2)14-11-4-3-6-21-18(11)27-9-7-20-17(26)13-15(19)24-25-8-5-12(22-14)23-16(13)25/h3-6,8,10,14H,7,9H2,1-2H3,(H,20,26)(H,22,23). The first-order valence-electron chi connectivity index (χ1n) is 8.72. The van der Waals surface area contributed by atoms with Crippen molar-refractivity contribution >= 4 is 17.4 Å². The first-order valence-corrected chi connectivity index (χ1v) is 8.72. The van der Waals surface area contributed by atoms with E-state index in [2.05, 4.69) is 39.5 Å². The highest BCUT2D eigenvalue weighted by Gasteiger charge is 2.25. The highest BCUT2D eigenvalue weighted by Crippen LogP contribution is 2.31. The summed E-state index contributed by atoms with van der Waals surface area (Å²) in [5.41, 5.74) is 0.860. The SMILES string of the molecule is CC(C)C1Nc2ccn3nc(F)c(c3n2)C(=O)NCCOc2ncccc21. The molecule has 0 radical (unpaired) electrons. The van der Waals surface area contributed by atoms with Gasteiger partial charge >= 0.3 is 0 Å². The van der Waals surface area contributed by atoms with Crippen LogP contribution >= 0.6 is 0 Å². The smallest absolute Gasteiger partial charge is 0.260 e. The van der Waals surface area contributed by atoms with Gasteiger partial charge < -0.3 is 15.4 Å². The molecule has 2 N–H and O–H groups in total. The number of nitrogens with zero attached hydrogens (tertiary/aromatic N) is 4. The zero-order chi connectivity index (χ0) is 19.0. The molecule has 0 aliphatic carbocycles. The Hall–Kier alpha value is -3.23. The van der Waals surface area contributed by atoms with E-state index in [1.165, 1.54) is 4.52 Å². The second-order valence-corrected chi connectivity index (χ2v) is 6.61. The van der Waals surface area contributed by atoms with Gasteiger partial charge in [0.1, 0.15) is 18.0 Å². The van der Waals surface area contributed by atoms with Crippen LogP contribution < -0.4 is 15.4 Å². The average Bonchev–Trinajstić information content (AvgIpc) is 2.98. The number of halogens is 1.